The van der Waals surface area contributed by atoms with Crippen LogP contribution >= 0.6 is 0 Å². The van der Waals surface area contributed by atoms with E-state index in [2.05, 4.69) is 45.7 Å². The number of amides is 1. The molecule has 29 heavy (non-hydrogen) atoms. The number of H-pyrrole nitrogens is 1. The summed E-state index contributed by atoms with van der Waals surface area (Å²) in [7, 11) is 0. The minimum atomic E-state index is 0.00722. The van der Waals surface area contributed by atoms with E-state index in [-0.39, 0.29) is 5.91 Å². The second kappa shape index (κ2) is 7.43. The predicted molar refractivity (Wildman–Crippen MR) is 117 cm³/mol. The number of pyridine rings is 1. The molecule has 2 N–H and O–H groups in total. The first-order chi connectivity index (χ1) is 14.3. The van der Waals surface area contributed by atoms with E-state index >= 15 is 0 Å². The number of rotatable bonds is 5. The van der Waals surface area contributed by atoms with Crippen LogP contribution < -0.4 is 10.2 Å². The van der Waals surface area contributed by atoms with Gasteiger partial charge >= 0.3 is 0 Å². The number of carbonyl (C=O) groups excluding carboxylic acids is 1. The maximum atomic E-state index is 12.9. The van der Waals surface area contributed by atoms with E-state index in [9.17, 15) is 4.79 Å². The number of carbonyl (C=O) groups is 1. The molecule has 0 radical (unpaired) electrons. The van der Waals surface area contributed by atoms with Crippen LogP contribution in [0.2, 0.25) is 0 Å². The van der Waals surface area contributed by atoms with Crippen LogP contribution in [0.5, 0.6) is 0 Å². The van der Waals surface area contributed by atoms with Crippen molar-refractivity contribution in [2.24, 2.45) is 0 Å². The molecule has 5 rings (SSSR count). The Morgan fingerprint density at radius 3 is 2.83 bits per heavy atom. The lowest BCUT2D eigenvalue weighted by Crippen LogP contribution is -2.28. The van der Waals surface area contributed by atoms with Gasteiger partial charge in [0.15, 0.2) is 0 Å². The summed E-state index contributed by atoms with van der Waals surface area (Å²) in [6.45, 7) is 1.50. The fourth-order valence-corrected chi connectivity index (χ4v) is 3.99. The number of fused-ring (bicyclic) bond motifs is 2. The SMILES string of the molecule is O=C(c1ccc(NCCc2c[nH]c3ccccc23)nc1)N1CCc2ccccc21. The van der Waals surface area contributed by atoms with Gasteiger partial charge in [0.25, 0.3) is 5.91 Å². The van der Waals surface area contributed by atoms with E-state index in [0.717, 1.165) is 43.0 Å². The molecule has 1 aliphatic rings. The first-order valence-corrected chi connectivity index (χ1v) is 9.94. The van der Waals surface area contributed by atoms with Crippen LogP contribution in [-0.2, 0) is 12.8 Å². The summed E-state index contributed by atoms with van der Waals surface area (Å²) in [6.07, 6.45) is 5.53. The third-order valence-electron chi connectivity index (χ3n) is 5.52. The average molecular weight is 382 g/mol. The van der Waals surface area contributed by atoms with Crippen molar-refractivity contribution in [1.82, 2.24) is 9.97 Å². The molecule has 144 valence electrons. The molecule has 2 aromatic carbocycles. The average Bonchev–Trinajstić information content (AvgIpc) is 3.38. The second-order valence-electron chi connectivity index (χ2n) is 7.30. The molecule has 0 saturated carbocycles. The van der Waals surface area contributed by atoms with E-state index in [1.54, 1.807) is 6.20 Å². The third kappa shape index (κ3) is 3.36. The van der Waals surface area contributed by atoms with Crippen LogP contribution in [0.25, 0.3) is 10.9 Å². The summed E-state index contributed by atoms with van der Waals surface area (Å²) in [6, 6.07) is 20.1. The Morgan fingerprint density at radius 1 is 1.07 bits per heavy atom. The van der Waals surface area contributed by atoms with Gasteiger partial charge in [-0.2, -0.15) is 0 Å². The normalized spacial score (nSPS) is 12.9. The first kappa shape index (κ1) is 17.5. The predicted octanol–water partition coefficient (Wildman–Crippen LogP) is 4.42. The molecule has 0 bridgehead atoms. The fourth-order valence-electron chi connectivity index (χ4n) is 3.99. The van der Waals surface area contributed by atoms with Gasteiger partial charge in [0.1, 0.15) is 5.82 Å². The Bertz CT molecular complexity index is 1160. The van der Waals surface area contributed by atoms with Gasteiger partial charge in [-0.3, -0.25) is 4.79 Å². The van der Waals surface area contributed by atoms with Crippen LogP contribution in [0, 0.1) is 0 Å². The van der Waals surface area contributed by atoms with E-state index in [0.29, 0.717) is 5.56 Å². The molecule has 5 heteroatoms. The van der Waals surface area contributed by atoms with Gasteiger partial charge in [-0.25, -0.2) is 4.98 Å². The van der Waals surface area contributed by atoms with E-state index in [1.807, 2.05) is 41.3 Å². The Labute approximate surface area is 169 Å². The third-order valence-corrected chi connectivity index (χ3v) is 5.52. The maximum Gasteiger partial charge on any atom is 0.259 e. The van der Waals surface area contributed by atoms with Crippen molar-refractivity contribution in [3.05, 3.63) is 89.7 Å². The van der Waals surface area contributed by atoms with Crippen LogP contribution in [0.4, 0.5) is 11.5 Å². The maximum absolute atomic E-state index is 12.9. The molecule has 0 fully saturated rings. The van der Waals surface area contributed by atoms with Crippen molar-refractivity contribution in [3.8, 4) is 0 Å². The zero-order valence-corrected chi connectivity index (χ0v) is 16.1. The number of hydrogen-bond acceptors (Lipinski definition) is 3. The Kier molecular flexibility index (Phi) is 4.48. The molecule has 0 saturated heterocycles. The summed E-state index contributed by atoms with van der Waals surface area (Å²) >= 11 is 0. The van der Waals surface area contributed by atoms with Gasteiger partial charge in [0.05, 0.1) is 5.56 Å². The Balaban J connectivity index is 1.22. The molecule has 4 aromatic rings. The number of para-hydroxylation sites is 2. The van der Waals surface area contributed by atoms with Gasteiger partial charge in [-0.05, 0) is 48.2 Å². The minimum Gasteiger partial charge on any atom is -0.370 e. The van der Waals surface area contributed by atoms with Crippen molar-refractivity contribution in [3.63, 3.8) is 0 Å². The molecule has 0 spiro atoms. The van der Waals surface area contributed by atoms with E-state index in [1.165, 1.54) is 16.5 Å². The van der Waals surface area contributed by atoms with Crippen molar-refractivity contribution < 1.29 is 4.79 Å². The highest BCUT2D eigenvalue weighted by Crippen LogP contribution is 2.28. The highest BCUT2D eigenvalue weighted by Gasteiger charge is 2.25. The molecular formula is C24H22N4O. The number of anilines is 2. The standard InChI is InChI=1S/C24H22N4O/c29-24(28-14-12-17-5-1-4-8-22(17)28)19-9-10-23(27-16-19)25-13-11-18-15-26-21-7-3-2-6-20(18)21/h1-10,15-16,26H,11-14H2,(H,25,27). The molecule has 0 aliphatic carbocycles. The smallest absolute Gasteiger partial charge is 0.259 e. The van der Waals surface area contributed by atoms with Crippen LogP contribution in [0.3, 0.4) is 0 Å². The van der Waals surface area contributed by atoms with Crippen molar-refractivity contribution in [1.29, 1.82) is 0 Å². The topological polar surface area (TPSA) is 61.0 Å². The number of aromatic amines is 1. The molecule has 3 heterocycles. The summed E-state index contributed by atoms with van der Waals surface area (Å²) in [5.41, 5.74) is 5.30. The molecule has 1 aliphatic heterocycles. The number of hydrogen-bond donors (Lipinski definition) is 2. The van der Waals surface area contributed by atoms with Gasteiger partial charge < -0.3 is 15.2 Å². The molecule has 2 aromatic heterocycles. The highest BCUT2D eigenvalue weighted by molar-refractivity contribution is 6.07. The summed E-state index contributed by atoms with van der Waals surface area (Å²) in [4.78, 5) is 22.5. The van der Waals surface area contributed by atoms with Gasteiger partial charge in [-0.15, -0.1) is 0 Å². The summed E-state index contributed by atoms with van der Waals surface area (Å²) in [5.74, 6) is 0.788. The van der Waals surface area contributed by atoms with Crippen LogP contribution in [0.1, 0.15) is 21.5 Å². The molecule has 1 amide bonds. The van der Waals surface area contributed by atoms with Crippen molar-refractivity contribution in [2.75, 3.05) is 23.3 Å². The number of aromatic nitrogens is 2. The Hall–Kier alpha value is -3.60. The molecule has 0 atom stereocenters. The summed E-state index contributed by atoms with van der Waals surface area (Å²) in [5, 5.41) is 4.61. The zero-order valence-electron chi connectivity index (χ0n) is 16.1. The quantitative estimate of drug-likeness (QED) is 0.537. The lowest BCUT2D eigenvalue weighted by molar-refractivity contribution is 0.0989. The second-order valence-corrected chi connectivity index (χ2v) is 7.30. The first-order valence-electron chi connectivity index (χ1n) is 9.94. The minimum absolute atomic E-state index is 0.00722. The highest BCUT2D eigenvalue weighted by atomic mass is 16.2. The lowest BCUT2D eigenvalue weighted by Gasteiger charge is -2.17. The van der Waals surface area contributed by atoms with Gasteiger partial charge in [0.2, 0.25) is 0 Å². The fraction of sp³-hybridized carbons (Fsp3) is 0.167. The molecule has 0 unspecified atom stereocenters. The molecular weight excluding hydrogens is 360 g/mol. The van der Waals surface area contributed by atoms with E-state index in [4.69, 9.17) is 0 Å². The largest absolute Gasteiger partial charge is 0.370 e. The van der Waals surface area contributed by atoms with Gasteiger partial charge in [0, 0.05) is 42.1 Å². The number of nitrogens with zero attached hydrogens (tertiary/aromatic N) is 2. The van der Waals surface area contributed by atoms with E-state index < -0.39 is 0 Å². The number of benzene rings is 2. The van der Waals surface area contributed by atoms with Crippen molar-refractivity contribution in [2.45, 2.75) is 12.8 Å². The lowest BCUT2D eigenvalue weighted by atomic mass is 10.1. The summed E-state index contributed by atoms with van der Waals surface area (Å²) < 4.78 is 0. The van der Waals surface area contributed by atoms with Crippen LogP contribution in [-0.4, -0.2) is 29.0 Å². The zero-order chi connectivity index (χ0) is 19.6. The van der Waals surface area contributed by atoms with Gasteiger partial charge in [-0.1, -0.05) is 36.4 Å². The van der Waals surface area contributed by atoms with Crippen LogP contribution in [0.15, 0.2) is 73.1 Å². The monoisotopic (exact) mass is 382 g/mol. The van der Waals surface area contributed by atoms with Crippen molar-refractivity contribution >= 4 is 28.3 Å². The number of nitrogens with one attached hydrogen (secondary N) is 2. The molecule has 5 nitrogen and oxygen atoms in total. The Morgan fingerprint density at radius 2 is 1.93 bits per heavy atom.